The van der Waals surface area contributed by atoms with Crippen molar-refractivity contribution in [3.63, 3.8) is 0 Å². The van der Waals surface area contributed by atoms with Crippen LogP contribution >= 0.6 is 0 Å². The predicted octanol–water partition coefficient (Wildman–Crippen LogP) is -0.260. The zero-order chi connectivity index (χ0) is 13.8. The van der Waals surface area contributed by atoms with Crippen LogP contribution in [0, 0.1) is 0 Å². The number of nitrogen functional groups attached to an aromatic ring is 1. The van der Waals surface area contributed by atoms with E-state index in [-0.39, 0.29) is 17.9 Å². The monoisotopic (exact) mass is 262 g/mol. The summed E-state index contributed by atoms with van der Waals surface area (Å²) in [6.07, 6.45) is 1.77. The molecular formula is C13H18N4O2. The largest absolute Gasteiger partial charge is 0.368 e. The molecule has 1 aromatic carbocycles. The van der Waals surface area contributed by atoms with E-state index in [2.05, 4.69) is 5.43 Å². The highest BCUT2D eigenvalue weighted by Crippen LogP contribution is 2.20. The number of benzene rings is 1. The predicted molar refractivity (Wildman–Crippen MR) is 70.7 cm³/mol. The van der Waals surface area contributed by atoms with Gasteiger partial charge in [0.15, 0.2) is 0 Å². The molecule has 0 aliphatic carbocycles. The smallest absolute Gasteiger partial charge is 0.265 e. The van der Waals surface area contributed by atoms with Crippen molar-refractivity contribution in [1.82, 2.24) is 10.3 Å². The van der Waals surface area contributed by atoms with Gasteiger partial charge >= 0.3 is 0 Å². The lowest BCUT2D eigenvalue weighted by Crippen LogP contribution is -2.39. The van der Waals surface area contributed by atoms with Gasteiger partial charge in [-0.1, -0.05) is 12.1 Å². The second-order valence-electron chi connectivity index (χ2n) is 4.70. The maximum absolute atomic E-state index is 11.5. The number of carbonyl (C=O) groups excluding carboxylic acids is 2. The molecule has 1 aliphatic rings. The van der Waals surface area contributed by atoms with Crippen LogP contribution in [0.4, 0.5) is 0 Å². The number of carbonyl (C=O) groups is 2. The summed E-state index contributed by atoms with van der Waals surface area (Å²) in [4.78, 5) is 24.8. The Labute approximate surface area is 111 Å². The maximum Gasteiger partial charge on any atom is 0.265 e. The molecule has 2 rings (SSSR count). The van der Waals surface area contributed by atoms with Crippen molar-refractivity contribution in [3.05, 3.63) is 35.4 Å². The Morgan fingerprint density at radius 3 is 2.89 bits per heavy atom. The van der Waals surface area contributed by atoms with E-state index in [0.717, 1.165) is 24.9 Å². The van der Waals surface area contributed by atoms with Gasteiger partial charge in [-0.05, 0) is 37.1 Å². The standard InChI is InChI=1S/C13H18N4O2/c14-12(18)11-5-2-6-17(11)8-9-3-1-4-10(7-9)13(19)16-15/h1,3-4,7,11H,2,5-6,8,15H2,(H2,14,18)(H,16,19). The number of amides is 2. The third-order valence-corrected chi connectivity index (χ3v) is 3.40. The summed E-state index contributed by atoms with van der Waals surface area (Å²) in [5, 5.41) is 0. The quantitative estimate of drug-likeness (QED) is 0.395. The lowest BCUT2D eigenvalue weighted by atomic mass is 10.1. The van der Waals surface area contributed by atoms with Crippen LogP contribution in [0.25, 0.3) is 0 Å². The Morgan fingerprint density at radius 2 is 2.21 bits per heavy atom. The van der Waals surface area contributed by atoms with Crippen LogP contribution in [0.5, 0.6) is 0 Å². The zero-order valence-corrected chi connectivity index (χ0v) is 10.6. The van der Waals surface area contributed by atoms with Crippen LogP contribution in [0.1, 0.15) is 28.8 Å². The Balaban J connectivity index is 2.10. The van der Waals surface area contributed by atoms with Crippen molar-refractivity contribution in [3.8, 4) is 0 Å². The van der Waals surface area contributed by atoms with Crippen LogP contribution in [-0.4, -0.2) is 29.3 Å². The molecule has 1 fully saturated rings. The molecule has 5 N–H and O–H groups in total. The van der Waals surface area contributed by atoms with Gasteiger partial charge in [0.25, 0.3) is 5.91 Å². The third kappa shape index (κ3) is 3.10. The van der Waals surface area contributed by atoms with Gasteiger partial charge in [0.1, 0.15) is 0 Å². The number of rotatable bonds is 4. The van der Waals surface area contributed by atoms with Crippen LogP contribution in [0.3, 0.4) is 0 Å². The summed E-state index contributed by atoms with van der Waals surface area (Å²) < 4.78 is 0. The third-order valence-electron chi connectivity index (χ3n) is 3.40. The van der Waals surface area contributed by atoms with Gasteiger partial charge in [0, 0.05) is 12.1 Å². The number of nitrogens with one attached hydrogen (secondary N) is 1. The molecule has 0 saturated carbocycles. The van der Waals surface area contributed by atoms with E-state index in [9.17, 15) is 9.59 Å². The van der Waals surface area contributed by atoms with E-state index in [0.29, 0.717) is 12.1 Å². The van der Waals surface area contributed by atoms with Crippen molar-refractivity contribution in [2.24, 2.45) is 11.6 Å². The normalized spacial score (nSPS) is 19.3. The molecule has 0 spiro atoms. The molecule has 0 bridgehead atoms. The van der Waals surface area contributed by atoms with Crippen molar-refractivity contribution < 1.29 is 9.59 Å². The first-order chi connectivity index (χ1) is 9.11. The zero-order valence-electron chi connectivity index (χ0n) is 10.6. The lowest BCUT2D eigenvalue weighted by Gasteiger charge is -2.21. The molecule has 1 aromatic rings. The second kappa shape index (κ2) is 5.81. The van der Waals surface area contributed by atoms with E-state index in [1.165, 1.54) is 0 Å². The Kier molecular flexibility index (Phi) is 4.13. The van der Waals surface area contributed by atoms with Gasteiger partial charge in [-0.3, -0.25) is 19.9 Å². The summed E-state index contributed by atoms with van der Waals surface area (Å²) in [5.41, 5.74) is 8.96. The van der Waals surface area contributed by atoms with E-state index >= 15 is 0 Å². The first-order valence-electron chi connectivity index (χ1n) is 6.25. The highest BCUT2D eigenvalue weighted by molar-refractivity contribution is 5.93. The fourth-order valence-electron chi connectivity index (χ4n) is 2.47. The van der Waals surface area contributed by atoms with Crippen molar-refractivity contribution in [2.45, 2.75) is 25.4 Å². The van der Waals surface area contributed by atoms with Crippen LogP contribution in [0.2, 0.25) is 0 Å². The average Bonchev–Trinajstić information content (AvgIpc) is 2.86. The van der Waals surface area contributed by atoms with Gasteiger partial charge in [-0.25, -0.2) is 5.84 Å². The summed E-state index contributed by atoms with van der Waals surface area (Å²) in [5.74, 6) is 4.50. The molecule has 1 atom stereocenters. The summed E-state index contributed by atoms with van der Waals surface area (Å²) >= 11 is 0. The fraction of sp³-hybridized carbons (Fsp3) is 0.385. The summed E-state index contributed by atoms with van der Waals surface area (Å²) in [6.45, 7) is 1.46. The molecule has 6 heteroatoms. The number of nitrogens with zero attached hydrogens (tertiary/aromatic N) is 1. The Bertz CT molecular complexity index is 489. The highest BCUT2D eigenvalue weighted by Gasteiger charge is 2.28. The fourth-order valence-corrected chi connectivity index (χ4v) is 2.47. The molecular weight excluding hydrogens is 244 g/mol. The Morgan fingerprint density at radius 1 is 1.42 bits per heavy atom. The molecule has 19 heavy (non-hydrogen) atoms. The van der Waals surface area contributed by atoms with E-state index < -0.39 is 0 Å². The summed E-state index contributed by atoms with van der Waals surface area (Å²) in [7, 11) is 0. The second-order valence-corrected chi connectivity index (χ2v) is 4.70. The van der Waals surface area contributed by atoms with Crippen molar-refractivity contribution in [2.75, 3.05) is 6.54 Å². The van der Waals surface area contributed by atoms with E-state index in [1.54, 1.807) is 18.2 Å². The molecule has 1 aliphatic heterocycles. The molecule has 6 nitrogen and oxygen atoms in total. The minimum Gasteiger partial charge on any atom is -0.368 e. The van der Waals surface area contributed by atoms with Gasteiger partial charge in [0.2, 0.25) is 5.91 Å². The number of nitrogens with two attached hydrogens (primary N) is 2. The molecule has 1 unspecified atom stereocenters. The summed E-state index contributed by atoms with van der Waals surface area (Å²) in [6, 6.07) is 6.99. The van der Waals surface area contributed by atoms with Gasteiger partial charge in [-0.15, -0.1) is 0 Å². The minimum absolute atomic E-state index is 0.202. The maximum atomic E-state index is 11.5. The number of hydrazine groups is 1. The van der Waals surface area contributed by atoms with Crippen LogP contribution < -0.4 is 17.0 Å². The van der Waals surface area contributed by atoms with Crippen LogP contribution in [-0.2, 0) is 11.3 Å². The minimum atomic E-state index is -0.324. The first-order valence-corrected chi connectivity index (χ1v) is 6.25. The van der Waals surface area contributed by atoms with Crippen LogP contribution in [0.15, 0.2) is 24.3 Å². The highest BCUT2D eigenvalue weighted by atomic mass is 16.2. The van der Waals surface area contributed by atoms with Gasteiger partial charge in [0.05, 0.1) is 6.04 Å². The Hall–Kier alpha value is -1.92. The van der Waals surface area contributed by atoms with E-state index in [1.807, 2.05) is 11.0 Å². The molecule has 2 amide bonds. The number of primary amides is 1. The van der Waals surface area contributed by atoms with Gasteiger partial charge < -0.3 is 5.73 Å². The molecule has 102 valence electrons. The SMILES string of the molecule is NNC(=O)c1cccc(CN2CCCC2C(N)=O)c1. The topological polar surface area (TPSA) is 101 Å². The molecule has 1 heterocycles. The van der Waals surface area contributed by atoms with Crippen molar-refractivity contribution in [1.29, 1.82) is 0 Å². The number of hydrogen-bond donors (Lipinski definition) is 3. The average molecular weight is 262 g/mol. The first kappa shape index (κ1) is 13.5. The molecule has 1 saturated heterocycles. The van der Waals surface area contributed by atoms with E-state index in [4.69, 9.17) is 11.6 Å². The van der Waals surface area contributed by atoms with Crippen molar-refractivity contribution >= 4 is 11.8 Å². The van der Waals surface area contributed by atoms with Gasteiger partial charge in [-0.2, -0.15) is 0 Å². The lowest BCUT2D eigenvalue weighted by molar-refractivity contribution is -0.122. The molecule has 0 aromatic heterocycles. The molecule has 0 radical (unpaired) electrons. The number of hydrogen-bond acceptors (Lipinski definition) is 4. The number of likely N-dealkylation sites (tertiary alicyclic amines) is 1.